The van der Waals surface area contributed by atoms with Crippen molar-refractivity contribution in [3.63, 3.8) is 0 Å². The van der Waals surface area contributed by atoms with E-state index in [0.29, 0.717) is 0 Å². The van der Waals surface area contributed by atoms with Crippen LogP contribution in [0.5, 0.6) is 0 Å². The van der Waals surface area contributed by atoms with Gasteiger partial charge >= 0.3 is 6.09 Å². The maximum absolute atomic E-state index is 11.6. The van der Waals surface area contributed by atoms with Crippen LogP contribution in [-0.4, -0.2) is 64.3 Å². The first kappa shape index (κ1) is 15.2. The zero-order valence-corrected chi connectivity index (χ0v) is 10.0. The molecule has 3 N–H and O–H groups in total. The third-order valence-corrected chi connectivity index (χ3v) is 1.66. The molecule has 0 aromatic heterocycles. The molecule has 16 heavy (non-hydrogen) atoms. The largest absolute Gasteiger partial charge is 0.444 e. The molecule has 6 nitrogen and oxygen atoms in total. The number of carbonyl (C=O) groups is 1. The smallest absolute Gasteiger partial charge is 0.410 e. The average molecular weight is 235 g/mol. The number of hydrogen-bond donors (Lipinski definition) is 3. The normalized spacial score (nSPS) is 13.4. The molecule has 0 saturated carbocycles. The van der Waals surface area contributed by atoms with Gasteiger partial charge in [0.2, 0.25) is 0 Å². The van der Waals surface area contributed by atoms with Crippen molar-refractivity contribution in [3.05, 3.63) is 0 Å². The van der Waals surface area contributed by atoms with Crippen LogP contribution in [0.2, 0.25) is 0 Å². The fraction of sp³-hybridized carbons (Fsp3) is 0.900. The molecule has 0 heterocycles. The highest BCUT2D eigenvalue weighted by Gasteiger charge is 2.23. The summed E-state index contributed by atoms with van der Waals surface area (Å²) in [6, 6.07) is 0. The molecule has 0 unspecified atom stereocenters. The third kappa shape index (κ3) is 6.60. The zero-order valence-electron chi connectivity index (χ0n) is 10.0. The molecule has 1 atom stereocenters. The Morgan fingerprint density at radius 3 is 2.31 bits per heavy atom. The van der Waals surface area contributed by atoms with Gasteiger partial charge in [0.05, 0.1) is 25.9 Å². The molecule has 0 radical (unpaired) electrons. The van der Waals surface area contributed by atoms with E-state index in [-0.39, 0.29) is 19.7 Å². The zero-order chi connectivity index (χ0) is 12.8. The van der Waals surface area contributed by atoms with Gasteiger partial charge in [-0.25, -0.2) is 4.79 Å². The molecular weight excluding hydrogens is 214 g/mol. The number of ether oxygens (including phenoxy) is 1. The van der Waals surface area contributed by atoms with Crippen LogP contribution in [0.15, 0.2) is 0 Å². The molecular formula is C10H21NO5. The molecule has 0 bridgehead atoms. The molecule has 96 valence electrons. The second-order valence-corrected chi connectivity index (χ2v) is 4.49. The van der Waals surface area contributed by atoms with E-state index in [0.717, 1.165) is 4.90 Å². The van der Waals surface area contributed by atoms with Crippen LogP contribution in [-0.2, 0) is 4.74 Å². The van der Waals surface area contributed by atoms with Gasteiger partial charge in [0.25, 0.3) is 0 Å². The van der Waals surface area contributed by atoms with E-state index >= 15 is 0 Å². The molecule has 0 fully saturated rings. The van der Waals surface area contributed by atoms with Crippen LogP contribution in [0.3, 0.4) is 0 Å². The van der Waals surface area contributed by atoms with Crippen LogP contribution < -0.4 is 0 Å². The summed E-state index contributed by atoms with van der Waals surface area (Å²) in [5, 5.41) is 26.7. The topological polar surface area (TPSA) is 90.2 Å². The van der Waals surface area contributed by atoms with Crippen molar-refractivity contribution in [2.45, 2.75) is 32.5 Å². The van der Waals surface area contributed by atoms with Gasteiger partial charge in [-0.3, -0.25) is 0 Å². The lowest BCUT2D eigenvalue weighted by molar-refractivity contribution is 0.00398. The molecule has 0 saturated heterocycles. The molecule has 0 aliphatic heterocycles. The fourth-order valence-electron chi connectivity index (χ4n) is 1.02. The summed E-state index contributed by atoms with van der Waals surface area (Å²) in [7, 11) is 0. The summed E-state index contributed by atoms with van der Waals surface area (Å²) < 4.78 is 5.08. The van der Waals surface area contributed by atoms with Crippen molar-refractivity contribution < 1.29 is 24.9 Å². The first-order chi connectivity index (χ1) is 7.30. The molecule has 0 aromatic rings. The number of amides is 1. The molecule has 1 amide bonds. The molecule has 0 aromatic carbocycles. The number of aliphatic hydroxyl groups excluding tert-OH is 3. The molecule has 0 spiro atoms. The summed E-state index contributed by atoms with van der Waals surface area (Å²) in [5.74, 6) is 0. The van der Waals surface area contributed by atoms with Crippen molar-refractivity contribution in [1.29, 1.82) is 0 Å². The van der Waals surface area contributed by atoms with Crippen molar-refractivity contribution in [1.82, 2.24) is 4.90 Å². The summed E-state index contributed by atoms with van der Waals surface area (Å²) in [5.41, 5.74) is -0.630. The van der Waals surface area contributed by atoms with E-state index < -0.39 is 24.4 Å². The van der Waals surface area contributed by atoms with E-state index in [1.54, 1.807) is 20.8 Å². The minimum Gasteiger partial charge on any atom is -0.444 e. The second kappa shape index (κ2) is 6.67. The Labute approximate surface area is 95.4 Å². The highest BCUT2D eigenvalue weighted by atomic mass is 16.6. The Bertz CT molecular complexity index is 214. The monoisotopic (exact) mass is 235 g/mol. The number of carbonyl (C=O) groups excluding carboxylic acids is 1. The summed E-state index contributed by atoms with van der Waals surface area (Å²) in [6.45, 7) is 4.51. The highest BCUT2D eigenvalue weighted by molar-refractivity contribution is 5.68. The van der Waals surface area contributed by atoms with Gasteiger partial charge < -0.3 is 25.0 Å². The molecule has 0 aliphatic rings. The Hall–Kier alpha value is -0.850. The quantitative estimate of drug-likeness (QED) is 0.601. The van der Waals surface area contributed by atoms with Gasteiger partial charge in [0.1, 0.15) is 5.60 Å². The Kier molecular flexibility index (Phi) is 6.32. The van der Waals surface area contributed by atoms with Gasteiger partial charge in [-0.2, -0.15) is 0 Å². The van der Waals surface area contributed by atoms with Crippen molar-refractivity contribution in [2.24, 2.45) is 0 Å². The Balaban J connectivity index is 4.34. The lowest BCUT2D eigenvalue weighted by Crippen LogP contribution is -2.43. The summed E-state index contributed by atoms with van der Waals surface area (Å²) >= 11 is 0. The summed E-state index contributed by atoms with van der Waals surface area (Å²) in [4.78, 5) is 12.8. The number of hydrogen-bond acceptors (Lipinski definition) is 5. The van der Waals surface area contributed by atoms with Crippen LogP contribution in [0.1, 0.15) is 20.8 Å². The van der Waals surface area contributed by atoms with Gasteiger partial charge in [0, 0.05) is 6.54 Å². The van der Waals surface area contributed by atoms with E-state index in [2.05, 4.69) is 0 Å². The number of nitrogens with zero attached hydrogens (tertiary/aromatic N) is 1. The van der Waals surface area contributed by atoms with E-state index in [9.17, 15) is 9.90 Å². The standard InChI is InChI=1S/C10H21NO5/c1-10(2,3)16-9(15)11(4-5-12)6-8(14)7-13/h8,12-14H,4-7H2,1-3H3/t8-/m1/s1. The predicted molar refractivity (Wildman–Crippen MR) is 58.0 cm³/mol. The van der Waals surface area contributed by atoms with Gasteiger partial charge in [-0.1, -0.05) is 0 Å². The van der Waals surface area contributed by atoms with Crippen molar-refractivity contribution in [2.75, 3.05) is 26.3 Å². The SMILES string of the molecule is CC(C)(C)OC(=O)N(CCO)C[C@@H](O)CO. The van der Waals surface area contributed by atoms with Crippen molar-refractivity contribution in [3.8, 4) is 0 Å². The first-order valence-corrected chi connectivity index (χ1v) is 5.18. The van der Waals surface area contributed by atoms with Gasteiger partial charge in [-0.15, -0.1) is 0 Å². The molecule has 6 heteroatoms. The first-order valence-electron chi connectivity index (χ1n) is 5.18. The van der Waals surface area contributed by atoms with Gasteiger partial charge in [-0.05, 0) is 20.8 Å². The number of aliphatic hydroxyl groups is 3. The predicted octanol–water partition coefficient (Wildman–Crippen LogP) is -0.431. The van der Waals surface area contributed by atoms with Crippen LogP contribution >= 0.6 is 0 Å². The third-order valence-electron chi connectivity index (χ3n) is 1.66. The number of rotatable bonds is 5. The van der Waals surface area contributed by atoms with E-state index in [4.69, 9.17) is 14.9 Å². The Morgan fingerprint density at radius 1 is 1.38 bits per heavy atom. The Morgan fingerprint density at radius 2 is 1.94 bits per heavy atom. The lowest BCUT2D eigenvalue weighted by Gasteiger charge is -2.28. The summed E-state index contributed by atoms with van der Waals surface area (Å²) in [6.07, 6.45) is -1.65. The fourth-order valence-corrected chi connectivity index (χ4v) is 1.02. The van der Waals surface area contributed by atoms with Crippen LogP contribution in [0.25, 0.3) is 0 Å². The molecule has 0 aliphatic carbocycles. The maximum Gasteiger partial charge on any atom is 0.410 e. The lowest BCUT2D eigenvalue weighted by atomic mass is 10.2. The van der Waals surface area contributed by atoms with Crippen molar-refractivity contribution >= 4 is 6.09 Å². The maximum atomic E-state index is 11.6. The van der Waals surface area contributed by atoms with E-state index in [1.165, 1.54) is 0 Å². The minimum atomic E-state index is -1.03. The van der Waals surface area contributed by atoms with E-state index in [1.807, 2.05) is 0 Å². The van der Waals surface area contributed by atoms with Crippen LogP contribution in [0.4, 0.5) is 4.79 Å². The molecule has 0 rings (SSSR count). The second-order valence-electron chi connectivity index (χ2n) is 4.49. The highest BCUT2D eigenvalue weighted by Crippen LogP contribution is 2.10. The van der Waals surface area contributed by atoms with Gasteiger partial charge in [0.15, 0.2) is 0 Å². The van der Waals surface area contributed by atoms with Crippen LogP contribution in [0, 0.1) is 0 Å². The average Bonchev–Trinajstić information content (AvgIpc) is 2.14. The minimum absolute atomic E-state index is 0.0615.